The Morgan fingerprint density at radius 3 is 2.27 bits per heavy atom. The molecule has 0 aliphatic heterocycles. The zero-order valence-corrected chi connectivity index (χ0v) is 10.6. The van der Waals surface area contributed by atoms with Gasteiger partial charge in [-0.1, -0.05) is 0 Å². The van der Waals surface area contributed by atoms with Gasteiger partial charge in [0.15, 0.2) is 0 Å². The highest BCUT2D eigenvalue weighted by atomic mass is 32.2. The number of aliphatic hydroxyl groups is 1. The molecule has 0 radical (unpaired) electrons. The molecule has 0 aliphatic rings. The molecule has 5 nitrogen and oxygen atoms in total. The lowest BCUT2D eigenvalue weighted by molar-refractivity contribution is 0.0904. The second-order valence-electron chi connectivity index (χ2n) is 3.78. The van der Waals surface area contributed by atoms with E-state index in [9.17, 15) is 8.42 Å². The Bertz CT molecular complexity index is 263. The van der Waals surface area contributed by atoms with Crippen molar-refractivity contribution in [3.05, 3.63) is 0 Å². The first-order valence-corrected chi connectivity index (χ1v) is 6.60. The van der Waals surface area contributed by atoms with Crippen LogP contribution in [0.25, 0.3) is 0 Å². The molecule has 0 aromatic rings. The second kappa shape index (κ2) is 6.42. The molecule has 0 aromatic carbocycles. The lowest BCUT2D eigenvalue weighted by Gasteiger charge is -2.22. The number of hydrogen-bond acceptors (Lipinski definition) is 4. The van der Waals surface area contributed by atoms with Gasteiger partial charge in [0.1, 0.15) is 0 Å². The third kappa shape index (κ3) is 5.46. The van der Waals surface area contributed by atoms with Gasteiger partial charge in [-0.2, -0.15) is 4.31 Å². The van der Waals surface area contributed by atoms with E-state index in [1.807, 2.05) is 13.8 Å². The predicted octanol–water partition coefficient (Wildman–Crippen LogP) is 0.0538. The van der Waals surface area contributed by atoms with E-state index >= 15 is 0 Å². The standard InChI is InChI=1S/C9H21NO4S/c1-8(2)14-5-6-15(12,13)10(4)9(3)7-11/h8-9,11H,5-7H2,1-4H3. The maximum atomic E-state index is 11.6. The number of aliphatic hydroxyl groups excluding tert-OH is 1. The van der Waals surface area contributed by atoms with Crippen molar-refractivity contribution in [2.24, 2.45) is 0 Å². The van der Waals surface area contributed by atoms with Crippen LogP contribution >= 0.6 is 0 Å². The fraction of sp³-hybridized carbons (Fsp3) is 1.00. The Kier molecular flexibility index (Phi) is 6.35. The lowest BCUT2D eigenvalue weighted by Crippen LogP contribution is -2.39. The largest absolute Gasteiger partial charge is 0.395 e. The van der Waals surface area contributed by atoms with Gasteiger partial charge >= 0.3 is 0 Å². The molecule has 0 spiro atoms. The predicted molar refractivity (Wildman–Crippen MR) is 59.2 cm³/mol. The number of hydrogen-bond donors (Lipinski definition) is 1. The van der Waals surface area contributed by atoms with Crippen LogP contribution in [0.4, 0.5) is 0 Å². The molecule has 0 rings (SSSR count). The summed E-state index contributed by atoms with van der Waals surface area (Å²) in [5.41, 5.74) is 0. The first-order chi connectivity index (χ1) is 6.81. The van der Waals surface area contributed by atoms with Gasteiger partial charge in [0.25, 0.3) is 0 Å². The molecule has 92 valence electrons. The number of ether oxygens (including phenoxy) is 1. The van der Waals surface area contributed by atoms with Crippen LogP contribution in [0.15, 0.2) is 0 Å². The Morgan fingerprint density at radius 1 is 1.33 bits per heavy atom. The molecular formula is C9H21NO4S. The summed E-state index contributed by atoms with van der Waals surface area (Å²) in [6.45, 7) is 5.36. The molecule has 1 N–H and O–H groups in total. The Labute approximate surface area is 92.1 Å². The van der Waals surface area contributed by atoms with Crippen LogP contribution in [0, 0.1) is 0 Å². The summed E-state index contributed by atoms with van der Waals surface area (Å²) in [5.74, 6) is -0.0496. The monoisotopic (exact) mass is 239 g/mol. The third-order valence-electron chi connectivity index (χ3n) is 2.12. The molecule has 1 atom stereocenters. The summed E-state index contributed by atoms with van der Waals surface area (Å²) < 4.78 is 29.6. The number of nitrogens with zero attached hydrogens (tertiary/aromatic N) is 1. The number of rotatable bonds is 7. The summed E-state index contributed by atoms with van der Waals surface area (Å²) in [7, 11) is -1.86. The van der Waals surface area contributed by atoms with E-state index in [1.165, 1.54) is 11.4 Å². The minimum atomic E-state index is -3.32. The summed E-state index contributed by atoms with van der Waals surface area (Å²) >= 11 is 0. The first kappa shape index (κ1) is 14.8. The summed E-state index contributed by atoms with van der Waals surface area (Å²) in [6, 6.07) is -0.394. The van der Waals surface area contributed by atoms with Crippen molar-refractivity contribution in [1.29, 1.82) is 0 Å². The van der Waals surface area contributed by atoms with Crippen molar-refractivity contribution in [3.63, 3.8) is 0 Å². The highest BCUT2D eigenvalue weighted by Crippen LogP contribution is 2.04. The third-order valence-corrected chi connectivity index (χ3v) is 4.04. The molecule has 0 aliphatic carbocycles. The van der Waals surface area contributed by atoms with Crippen LogP contribution in [-0.4, -0.2) is 56.0 Å². The van der Waals surface area contributed by atoms with Gasteiger partial charge in [-0.25, -0.2) is 8.42 Å². The van der Waals surface area contributed by atoms with E-state index in [1.54, 1.807) is 6.92 Å². The molecular weight excluding hydrogens is 218 g/mol. The Morgan fingerprint density at radius 2 is 1.87 bits per heavy atom. The van der Waals surface area contributed by atoms with Crippen LogP contribution < -0.4 is 0 Å². The summed E-state index contributed by atoms with van der Waals surface area (Å²) in [4.78, 5) is 0. The topological polar surface area (TPSA) is 66.8 Å². The fourth-order valence-corrected chi connectivity index (χ4v) is 2.13. The van der Waals surface area contributed by atoms with Gasteiger partial charge in [0.05, 0.1) is 25.1 Å². The van der Waals surface area contributed by atoms with Crippen LogP contribution in [-0.2, 0) is 14.8 Å². The number of likely N-dealkylation sites (N-methyl/N-ethyl adjacent to an activating group) is 1. The van der Waals surface area contributed by atoms with Gasteiger partial charge < -0.3 is 9.84 Å². The highest BCUT2D eigenvalue weighted by molar-refractivity contribution is 7.89. The molecule has 6 heteroatoms. The summed E-state index contributed by atoms with van der Waals surface area (Å²) in [6.07, 6.45) is 0.0285. The molecule has 0 aromatic heterocycles. The van der Waals surface area contributed by atoms with E-state index in [-0.39, 0.29) is 25.1 Å². The molecule has 0 saturated heterocycles. The minimum absolute atomic E-state index is 0.0285. The van der Waals surface area contributed by atoms with Crippen LogP contribution in [0.1, 0.15) is 20.8 Å². The average molecular weight is 239 g/mol. The highest BCUT2D eigenvalue weighted by Gasteiger charge is 2.22. The maximum Gasteiger partial charge on any atom is 0.216 e. The van der Waals surface area contributed by atoms with E-state index in [0.717, 1.165) is 0 Å². The molecule has 0 saturated carbocycles. The van der Waals surface area contributed by atoms with Gasteiger partial charge in [0, 0.05) is 13.1 Å². The molecule has 0 fully saturated rings. The maximum absolute atomic E-state index is 11.6. The van der Waals surface area contributed by atoms with Crippen LogP contribution in [0.2, 0.25) is 0 Å². The Hall–Kier alpha value is -0.170. The average Bonchev–Trinajstić information content (AvgIpc) is 2.14. The quantitative estimate of drug-likeness (QED) is 0.682. The van der Waals surface area contributed by atoms with E-state index in [2.05, 4.69) is 0 Å². The van der Waals surface area contributed by atoms with Crippen LogP contribution in [0.3, 0.4) is 0 Å². The molecule has 15 heavy (non-hydrogen) atoms. The zero-order chi connectivity index (χ0) is 12.1. The Balaban J connectivity index is 4.18. The van der Waals surface area contributed by atoms with Crippen LogP contribution in [0.5, 0.6) is 0 Å². The summed E-state index contributed by atoms with van der Waals surface area (Å²) in [5, 5.41) is 8.84. The second-order valence-corrected chi connectivity index (χ2v) is 5.93. The van der Waals surface area contributed by atoms with Gasteiger partial charge in [-0.15, -0.1) is 0 Å². The molecule has 1 unspecified atom stereocenters. The number of sulfonamides is 1. The zero-order valence-electron chi connectivity index (χ0n) is 9.80. The minimum Gasteiger partial charge on any atom is -0.395 e. The lowest BCUT2D eigenvalue weighted by atomic mass is 10.4. The molecule has 0 amide bonds. The first-order valence-electron chi connectivity index (χ1n) is 4.99. The van der Waals surface area contributed by atoms with Crippen molar-refractivity contribution in [3.8, 4) is 0 Å². The van der Waals surface area contributed by atoms with E-state index in [4.69, 9.17) is 9.84 Å². The van der Waals surface area contributed by atoms with Gasteiger partial charge in [-0.05, 0) is 20.8 Å². The van der Waals surface area contributed by atoms with Crippen molar-refractivity contribution < 1.29 is 18.3 Å². The fourth-order valence-electron chi connectivity index (χ4n) is 0.922. The molecule has 0 heterocycles. The van der Waals surface area contributed by atoms with Gasteiger partial charge in [0.2, 0.25) is 10.0 Å². The van der Waals surface area contributed by atoms with Crippen molar-refractivity contribution in [2.75, 3.05) is 26.0 Å². The van der Waals surface area contributed by atoms with E-state index in [0.29, 0.717) is 0 Å². The van der Waals surface area contributed by atoms with Crippen molar-refractivity contribution in [2.45, 2.75) is 32.9 Å². The van der Waals surface area contributed by atoms with E-state index < -0.39 is 16.1 Å². The van der Waals surface area contributed by atoms with Gasteiger partial charge in [-0.3, -0.25) is 0 Å². The normalized spacial score (nSPS) is 14.9. The molecule has 0 bridgehead atoms. The SMILES string of the molecule is CC(C)OCCS(=O)(=O)N(C)C(C)CO. The van der Waals surface area contributed by atoms with Crippen molar-refractivity contribution >= 4 is 10.0 Å². The van der Waals surface area contributed by atoms with Crippen molar-refractivity contribution in [1.82, 2.24) is 4.31 Å². The smallest absolute Gasteiger partial charge is 0.216 e.